The van der Waals surface area contributed by atoms with E-state index in [1.54, 1.807) is 4.90 Å². The molecule has 1 saturated heterocycles. The minimum absolute atomic E-state index is 0.0556. The summed E-state index contributed by atoms with van der Waals surface area (Å²) in [5.74, 6) is 0.713. The lowest BCUT2D eigenvalue weighted by Crippen LogP contribution is -2.27. The fourth-order valence-electron chi connectivity index (χ4n) is 3.22. The third-order valence-corrected chi connectivity index (χ3v) is 6.08. The molecular weight excluding hydrogens is 410 g/mol. The van der Waals surface area contributed by atoms with Gasteiger partial charge in [0.1, 0.15) is 16.7 Å². The van der Waals surface area contributed by atoms with E-state index in [0.29, 0.717) is 22.4 Å². The molecule has 5 heteroatoms. The first-order valence-corrected chi connectivity index (χ1v) is 10.9. The van der Waals surface area contributed by atoms with Gasteiger partial charge in [0.2, 0.25) is 0 Å². The highest BCUT2D eigenvalue weighted by molar-refractivity contribution is 8.26. The van der Waals surface area contributed by atoms with E-state index >= 15 is 0 Å². The predicted molar refractivity (Wildman–Crippen MR) is 127 cm³/mol. The van der Waals surface area contributed by atoms with Gasteiger partial charge in [-0.15, -0.1) is 0 Å². The lowest BCUT2D eigenvalue weighted by molar-refractivity contribution is -0.122. The van der Waals surface area contributed by atoms with Crippen LogP contribution in [-0.2, 0) is 17.9 Å². The second-order valence-corrected chi connectivity index (χ2v) is 8.78. The maximum Gasteiger partial charge on any atom is 0.266 e. The number of benzene rings is 3. The smallest absolute Gasteiger partial charge is 0.266 e. The van der Waals surface area contributed by atoms with Gasteiger partial charge < -0.3 is 4.74 Å². The van der Waals surface area contributed by atoms with E-state index in [2.05, 4.69) is 25.1 Å². The summed E-state index contributed by atoms with van der Waals surface area (Å²) in [6.07, 6.45) is 1.88. The van der Waals surface area contributed by atoms with Crippen LogP contribution >= 0.6 is 24.0 Å². The number of carbonyl (C=O) groups is 1. The number of thioether (sulfide) groups is 1. The van der Waals surface area contributed by atoms with E-state index in [1.807, 2.05) is 66.7 Å². The average molecular weight is 432 g/mol. The minimum atomic E-state index is -0.0556. The zero-order valence-electron chi connectivity index (χ0n) is 16.6. The minimum Gasteiger partial charge on any atom is -0.489 e. The number of thiocarbonyl (C=S) groups is 1. The van der Waals surface area contributed by atoms with Crippen molar-refractivity contribution in [2.45, 2.75) is 20.1 Å². The molecule has 0 saturated carbocycles. The van der Waals surface area contributed by atoms with Gasteiger partial charge in [-0.1, -0.05) is 96.3 Å². The van der Waals surface area contributed by atoms with Gasteiger partial charge in [-0.3, -0.25) is 9.69 Å². The Morgan fingerprint density at radius 2 is 1.73 bits per heavy atom. The van der Waals surface area contributed by atoms with Gasteiger partial charge in [-0.05, 0) is 41.8 Å². The Kier molecular flexibility index (Phi) is 6.31. The highest BCUT2D eigenvalue weighted by atomic mass is 32.2. The van der Waals surface area contributed by atoms with Crippen LogP contribution in [0.3, 0.4) is 0 Å². The van der Waals surface area contributed by atoms with Gasteiger partial charge >= 0.3 is 0 Å². The molecule has 0 N–H and O–H groups in total. The van der Waals surface area contributed by atoms with Crippen LogP contribution in [0.2, 0.25) is 0 Å². The molecule has 4 rings (SSSR count). The Labute approximate surface area is 186 Å². The fraction of sp³-hybridized carbons (Fsp3) is 0.120. The summed E-state index contributed by atoms with van der Waals surface area (Å²) in [5.41, 5.74) is 4.31. The first-order chi connectivity index (χ1) is 14.6. The highest BCUT2D eigenvalue weighted by Crippen LogP contribution is 2.34. The molecule has 150 valence electrons. The zero-order chi connectivity index (χ0) is 20.9. The molecule has 0 bridgehead atoms. The Balaban J connectivity index is 1.46. The molecule has 3 aromatic carbocycles. The van der Waals surface area contributed by atoms with Crippen molar-refractivity contribution in [2.75, 3.05) is 0 Å². The van der Waals surface area contributed by atoms with Crippen molar-refractivity contribution in [1.29, 1.82) is 0 Å². The second-order valence-electron chi connectivity index (χ2n) is 7.10. The molecular formula is C25H21NO2S2. The van der Waals surface area contributed by atoms with Crippen LogP contribution in [0, 0.1) is 6.92 Å². The van der Waals surface area contributed by atoms with Crippen LogP contribution in [0.5, 0.6) is 5.75 Å². The van der Waals surface area contributed by atoms with Crippen molar-refractivity contribution >= 4 is 40.3 Å². The molecule has 1 amide bonds. The highest BCUT2D eigenvalue weighted by Gasteiger charge is 2.31. The van der Waals surface area contributed by atoms with E-state index in [4.69, 9.17) is 17.0 Å². The summed E-state index contributed by atoms with van der Waals surface area (Å²) in [6, 6.07) is 25.9. The molecule has 0 unspecified atom stereocenters. The van der Waals surface area contributed by atoms with Crippen LogP contribution in [0.15, 0.2) is 83.8 Å². The van der Waals surface area contributed by atoms with Crippen LogP contribution in [0.1, 0.15) is 22.3 Å². The van der Waals surface area contributed by atoms with Crippen LogP contribution in [-0.4, -0.2) is 15.1 Å². The van der Waals surface area contributed by atoms with Crippen molar-refractivity contribution in [3.8, 4) is 5.75 Å². The topological polar surface area (TPSA) is 29.5 Å². The molecule has 30 heavy (non-hydrogen) atoms. The molecule has 0 aromatic heterocycles. The number of aryl methyl sites for hydroxylation is 1. The van der Waals surface area contributed by atoms with E-state index < -0.39 is 0 Å². The normalized spacial score (nSPS) is 15.1. The number of carbonyl (C=O) groups excluding carboxylic acids is 1. The van der Waals surface area contributed by atoms with Gasteiger partial charge in [0, 0.05) is 0 Å². The van der Waals surface area contributed by atoms with Crippen LogP contribution < -0.4 is 4.74 Å². The molecule has 3 aromatic rings. The zero-order valence-corrected chi connectivity index (χ0v) is 18.2. The SMILES string of the molecule is Cc1cccc(COc2cccc(C=C3SC(=S)N(Cc4ccccc4)C3=O)c2)c1. The monoisotopic (exact) mass is 431 g/mol. The van der Waals surface area contributed by atoms with Gasteiger partial charge in [-0.2, -0.15) is 0 Å². The largest absolute Gasteiger partial charge is 0.489 e. The van der Waals surface area contributed by atoms with Crippen molar-refractivity contribution < 1.29 is 9.53 Å². The standard InChI is InChI=1S/C25H21NO2S2/c1-18-7-5-11-21(13-18)17-28-22-12-6-10-20(14-22)15-23-24(27)26(25(29)30-23)16-19-8-3-2-4-9-19/h2-15H,16-17H2,1H3. The molecule has 0 aliphatic carbocycles. The molecule has 1 aliphatic heterocycles. The maximum atomic E-state index is 12.9. The first-order valence-electron chi connectivity index (χ1n) is 9.66. The fourth-order valence-corrected chi connectivity index (χ4v) is 4.47. The van der Waals surface area contributed by atoms with E-state index in [0.717, 1.165) is 22.4 Å². The van der Waals surface area contributed by atoms with Crippen LogP contribution in [0.25, 0.3) is 6.08 Å². The predicted octanol–water partition coefficient (Wildman–Crippen LogP) is 5.98. The third-order valence-electron chi connectivity index (χ3n) is 4.70. The molecule has 3 nitrogen and oxygen atoms in total. The summed E-state index contributed by atoms with van der Waals surface area (Å²) < 4.78 is 6.53. The number of rotatable bonds is 6. The Morgan fingerprint density at radius 1 is 0.967 bits per heavy atom. The second kappa shape index (κ2) is 9.28. The Hall–Kier alpha value is -2.89. The van der Waals surface area contributed by atoms with Gasteiger partial charge in [-0.25, -0.2) is 0 Å². The summed E-state index contributed by atoms with van der Waals surface area (Å²) >= 11 is 6.79. The van der Waals surface area contributed by atoms with Crippen LogP contribution in [0.4, 0.5) is 0 Å². The number of hydrogen-bond donors (Lipinski definition) is 0. The van der Waals surface area contributed by atoms with E-state index in [1.165, 1.54) is 17.3 Å². The Bertz CT molecular complexity index is 1110. The number of ether oxygens (including phenoxy) is 1. The molecule has 1 fully saturated rings. The van der Waals surface area contributed by atoms with Gasteiger partial charge in [0.15, 0.2) is 0 Å². The number of nitrogens with zero attached hydrogens (tertiary/aromatic N) is 1. The number of amides is 1. The van der Waals surface area contributed by atoms with Crippen molar-refractivity contribution in [1.82, 2.24) is 4.90 Å². The van der Waals surface area contributed by atoms with Crippen molar-refractivity contribution in [2.24, 2.45) is 0 Å². The third kappa shape index (κ3) is 4.99. The summed E-state index contributed by atoms with van der Waals surface area (Å²) in [7, 11) is 0. The van der Waals surface area contributed by atoms with E-state index in [-0.39, 0.29) is 5.91 Å². The quantitative estimate of drug-likeness (QED) is 0.355. The lowest BCUT2D eigenvalue weighted by Gasteiger charge is -2.14. The molecule has 1 aliphatic rings. The summed E-state index contributed by atoms with van der Waals surface area (Å²) in [5, 5.41) is 0. The first kappa shape index (κ1) is 20.4. The maximum absolute atomic E-state index is 12.9. The summed E-state index contributed by atoms with van der Waals surface area (Å²) in [6.45, 7) is 3.06. The molecule has 0 atom stereocenters. The van der Waals surface area contributed by atoms with E-state index in [9.17, 15) is 4.79 Å². The Morgan fingerprint density at radius 3 is 2.53 bits per heavy atom. The molecule has 1 heterocycles. The average Bonchev–Trinajstić information content (AvgIpc) is 3.01. The molecule has 0 radical (unpaired) electrons. The molecule has 0 spiro atoms. The van der Waals surface area contributed by atoms with Gasteiger partial charge in [0.05, 0.1) is 11.4 Å². The van der Waals surface area contributed by atoms with Crippen molar-refractivity contribution in [3.05, 3.63) is 106 Å². The number of hydrogen-bond acceptors (Lipinski definition) is 4. The lowest BCUT2D eigenvalue weighted by atomic mass is 10.1. The van der Waals surface area contributed by atoms with Gasteiger partial charge in [0.25, 0.3) is 5.91 Å². The summed E-state index contributed by atoms with van der Waals surface area (Å²) in [4.78, 5) is 15.2. The van der Waals surface area contributed by atoms with Crippen molar-refractivity contribution in [3.63, 3.8) is 0 Å².